The van der Waals surface area contributed by atoms with Crippen molar-refractivity contribution >= 4 is 21.7 Å². The van der Waals surface area contributed by atoms with Crippen LogP contribution in [0, 0.1) is 26.1 Å². The molecule has 5 unspecified atom stereocenters. The van der Waals surface area contributed by atoms with Gasteiger partial charge in [-0.3, -0.25) is 29.9 Å². The minimum atomic E-state index is -1.90. The molecule has 4 bridgehead atoms. The number of Topliss-reactive ketones (excluding diaryl/α,β-unsaturated/α-hetero) is 1. The smallest absolute Gasteiger partial charge is 0.301 e. The first-order valence-corrected chi connectivity index (χ1v) is 8.67. The molecule has 23 heavy (non-hydrogen) atoms. The highest BCUT2D eigenvalue weighted by molar-refractivity contribution is 9.09. The number of hydrogen-bond acceptors (Lipinski definition) is 7. The lowest BCUT2D eigenvalue weighted by Crippen LogP contribution is -2.82. The average molecular weight is 392 g/mol. The Kier molecular flexibility index (Phi) is 3.96. The molecule has 0 aromatic heterocycles. The minimum Gasteiger partial charge on any atom is -0.367 e. The van der Waals surface area contributed by atoms with Gasteiger partial charge in [0.2, 0.25) is 5.78 Å². The van der Waals surface area contributed by atoms with Crippen LogP contribution in [-0.2, 0) is 9.53 Å². The summed E-state index contributed by atoms with van der Waals surface area (Å²) >= 11 is 3.26. The maximum atomic E-state index is 12.6. The molecule has 0 radical (unpaired) electrons. The molecule has 1 saturated carbocycles. The normalized spacial score (nSPS) is 43.2. The SMILES string of the molecule is CC1CC2C3([N+](=O)[O-])CN(CCBr)CC2([N+](=O)[O-])C(CC3=O)O1. The standard InChI is InChI=1S/C13H18BrN3O6/c1-8-4-9-12(16(19)20)6-15(3-2-14)7-13(9,17(21)22)11(23-8)5-10(12)18/h8-9,11H,2-7H2,1H3. The van der Waals surface area contributed by atoms with Crippen LogP contribution >= 0.6 is 15.9 Å². The highest BCUT2D eigenvalue weighted by Gasteiger charge is 2.80. The van der Waals surface area contributed by atoms with Crippen molar-refractivity contribution in [2.75, 3.05) is 25.0 Å². The summed E-state index contributed by atoms with van der Waals surface area (Å²) < 4.78 is 5.71. The van der Waals surface area contributed by atoms with Crippen LogP contribution in [0.25, 0.3) is 0 Å². The Bertz CT molecular complexity index is 574. The number of carbonyl (C=O) groups is 1. The number of piperidine rings is 1. The average Bonchev–Trinajstić information content (AvgIpc) is 2.44. The monoisotopic (exact) mass is 391 g/mol. The Morgan fingerprint density at radius 2 is 2.04 bits per heavy atom. The van der Waals surface area contributed by atoms with E-state index >= 15 is 0 Å². The highest BCUT2D eigenvalue weighted by atomic mass is 79.9. The van der Waals surface area contributed by atoms with Crippen LogP contribution in [-0.4, -0.2) is 68.8 Å². The molecule has 0 amide bonds. The lowest BCUT2D eigenvalue weighted by molar-refractivity contribution is -0.653. The number of ketones is 1. The van der Waals surface area contributed by atoms with E-state index < -0.39 is 38.7 Å². The number of nitrogens with zero attached hydrogens (tertiary/aromatic N) is 3. The van der Waals surface area contributed by atoms with Crippen molar-refractivity contribution in [2.24, 2.45) is 5.92 Å². The maximum absolute atomic E-state index is 12.6. The number of halogens is 1. The molecule has 0 aromatic rings. The molecule has 3 rings (SSSR count). The Morgan fingerprint density at radius 1 is 1.35 bits per heavy atom. The van der Waals surface area contributed by atoms with Gasteiger partial charge in [-0.25, -0.2) is 0 Å². The van der Waals surface area contributed by atoms with Crippen LogP contribution in [0.5, 0.6) is 0 Å². The molecular formula is C13H18BrN3O6. The zero-order chi connectivity index (χ0) is 17.0. The van der Waals surface area contributed by atoms with Crippen molar-refractivity contribution in [3.63, 3.8) is 0 Å². The van der Waals surface area contributed by atoms with Crippen molar-refractivity contribution < 1.29 is 19.4 Å². The van der Waals surface area contributed by atoms with Gasteiger partial charge in [0.1, 0.15) is 12.0 Å². The second kappa shape index (κ2) is 5.45. The van der Waals surface area contributed by atoms with E-state index in [1.807, 2.05) is 0 Å². The third kappa shape index (κ3) is 2.07. The Morgan fingerprint density at radius 3 is 2.61 bits per heavy atom. The number of hydrogen-bond donors (Lipinski definition) is 0. The van der Waals surface area contributed by atoms with Crippen molar-refractivity contribution in [1.82, 2.24) is 4.90 Å². The summed E-state index contributed by atoms with van der Waals surface area (Å²) in [6.45, 7) is 2.18. The van der Waals surface area contributed by atoms with Crippen molar-refractivity contribution in [2.45, 2.75) is 43.1 Å². The summed E-state index contributed by atoms with van der Waals surface area (Å²) in [5.41, 5.74) is -3.49. The van der Waals surface area contributed by atoms with E-state index in [2.05, 4.69) is 15.9 Å². The summed E-state index contributed by atoms with van der Waals surface area (Å²) in [4.78, 5) is 37.1. The molecule has 0 aromatic carbocycles. The summed E-state index contributed by atoms with van der Waals surface area (Å²) in [5, 5.41) is 24.4. The molecule has 3 aliphatic rings. The van der Waals surface area contributed by atoms with Crippen molar-refractivity contribution in [1.29, 1.82) is 0 Å². The fourth-order valence-electron chi connectivity index (χ4n) is 4.62. The first-order valence-electron chi connectivity index (χ1n) is 7.55. The molecule has 128 valence electrons. The van der Waals surface area contributed by atoms with Gasteiger partial charge in [-0.15, -0.1) is 0 Å². The highest BCUT2D eigenvalue weighted by Crippen LogP contribution is 2.53. The molecular weight excluding hydrogens is 374 g/mol. The first kappa shape index (κ1) is 16.7. The van der Waals surface area contributed by atoms with Gasteiger partial charge >= 0.3 is 5.54 Å². The number of ether oxygens (including phenoxy) is 1. The third-order valence-corrected chi connectivity index (χ3v) is 5.92. The predicted molar refractivity (Wildman–Crippen MR) is 81.8 cm³/mol. The predicted octanol–water partition coefficient (Wildman–Crippen LogP) is 0.494. The Labute approximate surface area is 140 Å². The topological polar surface area (TPSA) is 116 Å². The largest absolute Gasteiger partial charge is 0.367 e. The van der Waals surface area contributed by atoms with E-state index in [4.69, 9.17) is 4.74 Å². The minimum absolute atomic E-state index is 0.0653. The van der Waals surface area contributed by atoms with Crippen LogP contribution in [0.1, 0.15) is 19.8 Å². The third-order valence-electron chi connectivity index (χ3n) is 5.56. The molecule has 2 saturated heterocycles. The van der Waals surface area contributed by atoms with Crippen LogP contribution in [0.3, 0.4) is 0 Å². The molecule has 0 N–H and O–H groups in total. The van der Waals surface area contributed by atoms with Gasteiger partial charge < -0.3 is 4.74 Å². The quantitative estimate of drug-likeness (QED) is 0.389. The van der Waals surface area contributed by atoms with Gasteiger partial charge in [0.15, 0.2) is 0 Å². The molecule has 9 nitrogen and oxygen atoms in total. The zero-order valence-electron chi connectivity index (χ0n) is 12.6. The maximum Gasteiger partial charge on any atom is 0.301 e. The number of rotatable bonds is 4. The molecule has 2 heterocycles. The molecule has 5 atom stereocenters. The Hall–Kier alpha value is -1.13. The van der Waals surface area contributed by atoms with E-state index in [1.54, 1.807) is 11.8 Å². The summed E-state index contributed by atoms with van der Waals surface area (Å²) in [6, 6.07) is 0. The fourth-order valence-corrected chi connectivity index (χ4v) is 5.12. The summed E-state index contributed by atoms with van der Waals surface area (Å²) in [7, 11) is 0. The lowest BCUT2D eigenvalue weighted by Gasteiger charge is -2.56. The first-order chi connectivity index (χ1) is 10.8. The van der Waals surface area contributed by atoms with Gasteiger partial charge in [-0.1, -0.05) is 15.9 Å². The molecule has 2 aliphatic heterocycles. The van der Waals surface area contributed by atoms with E-state index in [1.165, 1.54) is 0 Å². The lowest BCUT2D eigenvalue weighted by atomic mass is 9.55. The second-order valence-corrected chi connectivity index (χ2v) is 7.47. The van der Waals surface area contributed by atoms with Crippen LogP contribution in [0.2, 0.25) is 0 Å². The van der Waals surface area contributed by atoms with Gasteiger partial charge in [0.25, 0.3) is 5.54 Å². The summed E-state index contributed by atoms with van der Waals surface area (Å²) in [5.74, 6) is -1.47. The molecule has 10 heteroatoms. The van der Waals surface area contributed by atoms with Gasteiger partial charge in [-0.2, -0.15) is 0 Å². The van der Waals surface area contributed by atoms with Crippen LogP contribution in [0.15, 0.2) is 0 Å². The van der Waals surface area contributed by atoms with Crippen LogP contribution in [0.4, 0.5) is 0 Å². The van der Waals surface area contributed by atoms with E-state index in [0.29, 0.717) is 11.9 Å². The van der Waals surface area contributed by atoms with Gasteiger partial charge in [-0.05, 0) is 13.3 Å². The Balaban J connectivity index is 2.18. The molecule has 3 fully saturated rings. The van der Waals surface area contributed by atoms with E-state index in [0.717, 1.165) is 0 Å². The second-order valence-electron chi connectivity index (χ2n) is 6.68. The summed E-state index contributed by atoms with van der Waals surface area (Å²) in [6.07, 6.45) is -1.32. The number of alkyl halides is 1. The fraction of sp³-hybridized carbons (Fsp3) is 0.923. The zero-order valence-corrected chi connectivity index (χ0v) is 14.2. The van der Waals surface area contributed by atoms with Crippen molar-refractivity contribution in [3.05, 3.63) is 20.2 Å². The number of likely N-dealkylation sites (tertiary alicyclic amines) is 1. The number of carbonyl (C=O) groups excluding carboxylic acids is 1. The molecule has 1 aliphatic carbocycles. The van der Waals surface area contributed by atoms with E-state index in [-0.39, 0.29) is 32.0 Å². The van der Waals surface area contributed by atoms with Crippen LogP contribution < -0.4 is 0 Å². The van der Waals surface area contributed by atoms with Gasteiger partial charge in [0, 0.05) is 28.1 Å². The number of nitro groups is 2. The van der Waals surface area contributed by atoms with Gasteiger partial charge in [0.05, 0.1) is 19.2 Å². The molecule has 0 spiro atoms. The van der Waals surface area contributed by atoms with E-state index in [9.17, 15) is 25.0 Å². The van der Waals surface area contributed by atoms with Crippen molar-refractivity contribution in [3.8, 4) is 0 Å².